The van der Waals surface area contributed by atoms with Gasteiger partial charge in [-0.3, -0.25) is 0 Å². The Morgan fingerprint density at radius 1 is 1.53 bits per heavy atom. The minimum atomic E-state index is 0.347. The summed E-state index contributed by atoms with van der Waals surface area (Å²) in [5.41, 5.74) is 0. The van der Waals surface area contributed by atoms with Crippen molar-refractivity contribution in [3.8, 4) is 10.8 Å². The van der Waals surface area contributed by atoms with Crippen LogP contribution in [0.3, 0.4) is 0 Å². The maximum Gasteiger partial charge on any atom is 0.170 e. The zero-order valence-electron chi connectivity index (χ0n) is 9.87. The summed E-state index contributed by atoms with van der Waals surface area (Å²) in [5.74, 6) is 0.816. The number of thiazole rings is 1. The minimum absolute atomic E-state index is 0.347. The average molecular weight is 315 g/mol. The molecule has 2 rings (SSSR count). The Morgan fingerprint density at radius 2 is 2.35 bits per heavy atom. The summed E-state index contributed by atoms with van der Waals surface area (Å²) < 4.78 is 6.23. The fraction of sp³-hybridized carbons (Fsp3) is 0.417. The summed E-state index contributed by atoms with van der Waals surface area (Å²) in [6, 6.07) is 4.16. The van der Waals surface area contributed by atoms with E-state index in [1.54, 1.807) is 11.3 Å². The third kappa shape index (κ3) is 3.18. The molecule has 92 valence electrons. The summed E-state index contributed by atoms with van der Waals surface area (Å²) in [7, 11) is 0. The molecule has 0 aliphatic heterocycles. The molecule has 17 heavy (non-hydrogen) atoms. The molecule has 0 amide bonds. The number of halogens is 1. The molecule has 3 nitrogen and oxygen atoms in total. The van der Waals surface area contributed by atoms with Crippen molar-refractivity contribution in [1.82, 2.24) is 10.3 Å². The van der Waals surface area contributed by atoms with Gasteiger partial charge in [-0.1, -0.05) is 6.92 Å². The highest BCUT2D eigenvalue weighted by Crippen LogP contribution is 2.31. The van der Waals surface area contributed by atoms with E-state index >= 15 is 0 Å². The van der Waals surface area contributed by atoms with Gasteiger partial charge in [0.1, 0.15) is 0 Å². The van der Waals surface area contributed by atoms with E-state index in [4.69, 9.17) is 4.42 Å². The Kier molecular flexibility index (Phi) is 4.36. The first-order valence-electron chi connectivity index (χ1n) is 5.65. The molecule has 0 radical (unpaired) electrons. The van der Waals surface area contributed by atoms with Crippen molar-refractivity contribution in [2.24, 2.45) is 0 Å². The zero-order chi connectivity index (χ0) is 12.3. The minimum Gasteiger partial charge on any atom is -0.447 e. The first-order valence-corrected chi connectivity index (χ1v) is 7.26. The van der Waals surface area contributed by atoms with Gasteiger partial charge in [0, 0.05) is 17.1 Å². The highest BCUT2D eigenvalue weighted by molar-refractivity contribution is 9.10. The van der Waals surface area contributed by atoms with E-state index in [1.165, 1.54) is 4.88 Å². The predicted octanol–water partition coefficient (Wildman–Crippen LogP) is 4.23. The molecule has 2 aromatic heterocycles. The SMILES string of the molecule is CCCNC(C)c1cnc(-c2ccc(Br)o2)s1. The number of furan rings is 1. The van der Waals surface area contributed by atoms with Crippen molar-refractivity contribution >= 4 is 27.3 Å². The first kappa shape index (κ1) is 12.8. The zero-order valence-corrected chi connectivity index (χ0v) is 12.3. The van der Waals surface area contributed by atoms with E-state index in [9.17, 15) is 0 Å². The van der Waals surface area contributed by atoms with Crippen LogP contribution >= 0.6 is 27.3 Å². The Hall–Kier alpha value is -0.650. The molecule has 0 fully saturated rings. The molecular weight excluding hydrogens is 300 g/mol. The van der Waals surface area contributed by atoms with Gasteiger partial charge >= 0.3 is 0 Å². The monoisotopic (exact) mass is 314 g/mol. The lowest BCUT2D eigenvalue weighted by atomic mass is 10.3. The maximum absolute atomic E-state index is 5.49. The van der Waals surface area contributed by atoms with E-state index in [2.05, 4.69) is 40.1 Å². The van der Waals surface area contributed by atoms with Gasteiger partial charge in [0.25, 0.3) is 0 Å². The van der Waals surface area contributed by atoms with Gasteiger partial charge in [-0.05, 0) is 48.0 Å². The van der Waals surface area contributed by atoms with Crippen LogP contribution in [0.4, 0.5) is 0 Å². The van der Waals surface area contributed by atoms with Gasteiger partial charge in [0.05, 0.1) is 0 Å². The van der Waals surface area contributed by atoms with Crippen LogP contribution in [-0.2, 0) is 0 Å². The van der Waals surface area contributed by atoms with E-state index < -0.39 is 0 Å². The summed E-state index contributed by atoms with van der Waals surface area (Å²) in [6.45, 7) is 5.35. The molecule has 2 heterocycles. The topological polar surface area (TPSA) is 38.1 Å². The standard InChI is InChI=1S/C12H15BrN2OS/c1-3-6-14-8(2)10-7-15-12(17-10)9-4-5-11(13)16-9/h4-5,7-8,14H,3,6H2,1-2H3. The van der Waals surface area contributed by atoms with E-state index in [-0.39, 0.29) is 0 Å². The second-order valence-electron chi connectivity index (χ2n) is 3.85. The van der Waals surface area contributed by atoms with E-state index in [1.807, 2.05) is 18.3 Å². The molecule has 0 aliphatic rings. The van der Waals surface area contributed by atoms with Crippen molar-refractivity contribution < 1.29 is 4.42 Å². The van der Waals surface area contributed by atoms with Gasteiger partial charge in [-0.15, -0.1) is 11.3 Å². The van der Waals surface area contributed by atoms with Gasteiger partial charge in [-0.25, -0.2) is 4.98 Å². The van der Waals surface area contributed by atoms with Gasteiger partial charge in [0.15, 0.2) is 15.4 Å². The first-order chi connectivity index (χ1) is 8.20. The molecule has 0 aliphatic carbocycles. The largest absolute Gasteiger partial charge is 0.447 e. The molecule has 0 aromatic carbocycles. The number of hydrogen-bond acceptors (Lipinski definition) is 4. The fourth-order valence-corrected chi connectivity index (χ4v) is 2.70. The Labute approximate surface area is 113 Å². The van der Waals surface area contributed by atoms with Crippen molar-refractivity contribution in [2.75, 3.05) is 6.54 Å². The Balaban J connectivity index is 2.10. The molecule has 1 N–H and O–H groups in total. The molecule has 0 bridgehead atoms. The van der Waals surface area contributed by atoms with Gasteiger partial charge < -0.3 is 9.73 Å². The highest BCUT2D eigenvalue weighted by atomic mass is 79.9. The number of rotatable bonds is 5. The lowest BCUT2D eigenvalue weighted by Gasteiger charge is -2.09. The van der Waals surface area contributed by atoms with Crippen LogP contribution in [0, 0.1) is 0 Å². The molecule has 2 aromatic rings. The van der Waals surface area contributed by atoms with Crippen LogP contribution in [0.15, 0.2) is 27.4 Å². The average Bonchev–Trinajstić information content (AvgIpc) is 2.93. The summed E-state index contributed by atoms with van der Waals surface area (Å²) in [6.07, 6.45) is 3.06. The summed E-state index contributed by atoms with van der Waals surface area (Å²) in [5, 5.41) is 4.38. The van der Waals surface area contributed by atoms with Crippen molar-refractivity contribution in [1.29, 1.82) is 0 Å². The van der Waals surface area contributed by atoms with Crippen LogP contribution in [-0.4, -0.2) is 11.5 Å². The predicted molar refractivity (Wildman–Crippen MR) is 74.2 cm³/mol. The molecule has 1 atom stereocenters. The number of nitrogens with one attached hydrogen (secondary N) is 1. The van der Waals surface area contributed by atoms with Gasteiger partial charge in [-0.2, -0.15) is 0 Å². The van der Waals surface area contributed by atoms with Crippen molar-refractivity contribution in [3.05, 3.63) is 27.9 Å². The Morgan fingerprint density at radius 3 is 3.00 bits per heavy atom. The molecule has 1 unspecified atom stereocenters. The number of nitrogens with zero attached hydrogens (tertiary/aromatic N) is 1. The molecule has 0 spiro atoms. The lowest BCUT2D eigenvalue weighted by Crippen LogP contribution is -2.18. The summed E-state index contributed by atoms with van der Waals surface area (Å²) >= 11 is 4.97. The van der Waals surface area contributed by atoms with Crippen LogP contribution < -0.4 is 5.32 Å². The van der Waals surface area contributed by atoms with Crippen molar-refractivity contribution in [2.45, 2.75) is 26.3 Å². The number of aromatic nitrogens is 1. The van der Waals surface area contributed by atoms with Crippen LogP contribution in [0.2, 0.25) is 0 Å². The van der Waals surface area contributed by atoms with E-state index in [0.717, 1.165) is 28.4 Å². The third-order valence-electron chi connectivity index (χ3n) is 2.43. The highest BCUT2D eigenvalue weighted by Gasteiger charge is 2.12. The normalized spacial score (nSPS) is 12.9. The van der Waals surface area contributed by atoms with Crippen molar-refractivity contribution in [3.63, 3.8) is 0 Å². The lowest BCUT2D eigenvalue weighted by molar-refractivity contribution is 0.555. The smallest absolute Gasteiger partial charge is 0.170 e. The molecule has 0 saturated carbocycles. The maximum atomic E-state index is 5.49. The number of hydrogen-bond donors (Lipinski definition) is 1. The second kappa shape index (κ2) is 5.80. The van der Waals surface area contributed by atoms with Crippen LogP contribution in [0.5, 0.6) is 0 Å². The second-order valence-corrected chi connectivity index (χ2v) is 5.69. The quantitative estimate of drug-likeness (QED) is 0.897. The van der Waals surface area contributed by atoms with Crippen LogP contribution in [0.1, 0.15) is 31.2 Å². The van der Waals surface area contributed by atoms with Gasteiger partial charge in [0.2, 0.25) is 0 Å². The summed E-state index contributed by atoms with van der Waals surface area (Å²) in [4.78, 5) is 5.63. The third-order valence-corrected chi connectivity index (χ3v) is 4.06. The van der Waals surface area contributed by atoms with Crippen LogP contribution in [0.25, 0.3) is 10.8 Å². The molecular formula is C12H15BrN2OS. The Bertz CT molecular complexity index is 480. The fourth-order valence-electron chi connectivity index (χ4n) is 1.49. The van der Waals surface area contributed by atoms with E-state index in [0.29, 0.717) is 6.04 Å². The molecule has 5 heteroatoms. The molecule has 0 saturated heterocycles.